The van der Waals surface area contributed by atoms with Gasteiger partial charge in [-0.2, -0.15) is 0 Å². The topological polar surface area (TPSA) is 35.5 Å². The first kappa shape index (κ1) is 16.6. The van der Waals surface area contributed by atoms with Crippen LogP contribution < -0.4 is 5.32 Å². The fourth-order valence-corrected chi connectivity index (χ4v) is 4.61. The van der Waals surface area contributed by atoms with Gasteiger partial charge in [0.15, 0.2) is 6.35 Å². The van der Waals surface area contributed by atoms with Crippen LogP contribution in [0.1, 0.15) is 17.5 Å². The van der Waals surface area contributed by atoms with Crippen molar-refractivity contribution < 1.29 is 22.7 Å². The third-order valence-electron chi connectivity index (χ3n) is 5.51. The molecule has 4 unspecified atom stereocenters. The number of rotatable bonds is 2. The molecule has 1 aromatic rings. The summed E-state index contributed by atoms with van der Waals surface area (Å²) in [6, 6.07) is 7.22. The lowest BCUT2D eigenvalue weighted by molar-refractivity contribution is -0.155. The monoisotopic (exact) mass is 354 g/mol. The molecule has 2 aliphatic carbocycles. The smallest absolute Gasteiger partial charge is 0.251 e. The molecular formula is C18H18F4N2O. The molecule has 2 N–H and O–H groups in total. The molecule has 1 fully saturated rings. The molecule has 1 heterocycles. The van der Waals surface area contributed by atoms with E-state index >= 15 is 0 Å². The van der Waals surface area contributed by atoms with E-state index in [4.69, 9.17) is 0 Å². The van der Waals surface area contributed by atoms with E-state index in [2.05, 4.69) is 5.32 Å². The fourth-order valence-electron chi connectivity index (χ4n) is 4.61. The van der Waals surface area contributed by atoms with Crippen LogP contribution in [0.25, 0.3) is 0 Å². The van der Waals surface area contributed by atoms with E-state index in [1.807, 2.05) is 12.1 Å². The largest absolute Gasteiger partial charge is 0.361 e. The number of hydrogen-bond acceptors (Lipinski definition) is 3. The van der Waals surface area contributed by atoms with Gasteiger partial charge in [0.05, 0.1) is 23.7 Å². The number of allylic oxidation sites excluding steroid dienone is 3. The maximum Gasteiger partial charge on any atom is 0.251 e. The predicted octanol–water partition coefficient (Wildman–Crippen LogP) is 2.98. The van der Waals surface area contributed by atoms with Crippen molar-refractivity contribution in [2.24, 2.45) is 5.92 Å². The Balaban J connectivity index is 1.93. The minimum Gasteiger partial charge on any atom is -0.361 e. The summed E-state index contributed by atoms with van der Waals surface area (Å²) < 4.78 is 55.7. The Hall–Kier alpha value is -1.86. The van der Waals surface area contributed by atoms with Crippen LogP contribution in [0.5, 0.6) is 0 Å². The van der Waals surface area contributed by atoms with Gasteiger partial charge in [-0.05, 0) is 36.1 Å². The van der Waals surface area contributed by atoms with Crippen molar-refractivity contribution in [3.63, 3.8) is 0 Å². The molecule has 0 radical (unpaired) electrons. The summed E-state index contributed by atoms with van der Waals surface area (Å²) in [5.74, 6) is -1.68. The molecule has 3 aliphatic rings. The lowest BCUT2D eigenvalue weighted by Crippen LogP contribution is -2.67. The van der Waals surface area contributed by atoms with E-state index in [-0.39, 0.29) is 5.70 Å². The number of nitrogens with zero attached hydrogens (tertiary/aromatic N) is 1. The lowest BCUT2D eigenvalue weighted by Gasteiger charge is -2.55. The fraction of sp³-hybridized carbons (Fsp3) is 0.444. The molecular weight excluding hydrogens is 336 g/mol. The molecule has 0 aromatic heterocycles. The maximum absolute atomic E-state index is 14.9. The first-order chi connectivity index (χ1) is 11.9. The summed E-state index contributed by atoms with van der Waals surface area (Å²) in [5, 5.41) is 12.9. The summed E-state index contributed by atoms with van der Waals surface area (Å²) in [7, 11) is 0. The Labute approximate surface area is 142 Å². The van der Waals surface area contributed by atoms with Crippen LogP contribution in [0.3, 0.4) is 0 Å². The third kappa shape index (κ3) is 2.33. The van der Waals surface area contributed by atoms with E-state index in [0.29, 0.717) is 18.4 Å². The van der Waals surface area contributed by atoms with Crippen LogP contribution >= 0.6 is 0 Å². The van der Waals surface area contributed by atoms with Gasteiger partial charge in [-0.1, -0.05) is 24.3 Å². The highest BCUT2D eigenvalue weighted by Gasteiger charge is 2.59. The van der Waals surface area contributed by atoms with E-state index in [1.165, 1.54) is 4.90 Å². The highest BCUT2D eigenvalue weighted by molar-refractivity contribution is 5.45. The Kier molecular flexibility index (Phi) is 3.88. The van der Waals surface area contributed by atoms with E-state index < -0.39 is 42.8 Å². The number of halogens is 4. The summed E-state index contributed by atoms with van der Waals surface area (Å²) in [6.07, 6.45) is -2.73. The summed E-state index contributed by atoms with van der Waals surface area (Å²) >= 11 is 0. The molecule has 1 saturated heterocycles. The second kappa shape index (κ2) is 5.85. The lowest BCUT2D eigenvalue weighted by atomic mass is 9.70. The number of nitrogens with one attached hydrogen (secondary N) is 1. The second-order valence-electron chi connectivity index (χ2n) is 6.69. The van der Waals surface area contributed by atoms with Gasteiger partial charge in [-0.15, -0.1) is 0 Å². The van der Waals surface area contributed by atoms with Crippen molar-refractivity contribution in [1.82, 2.24) is 10.2 Å². The number of aryl methyl sites for hydroxylation is 1. The average Bonchev–Trinajstić information content (AvgIpc) is 2.95. The van der Waals surface area contributed by atoms with Gasteiger partial charge in [0.2, 0.25) is 0 Å². The van der Waals surface area contributed by atoms with Crippen molar-refractivity contribution in [1.29, 1.82) is 0 Å². The summed E-state index contributed by atoms with van der Waals surface area (Å²) in [6.45, 7) is -0.732. The Morgan fingerprint density at radius 3 is 2.84 bits per heavy atom. The standard InChI is InChI=1S/C18H18F4N2O/c19-12-5-6-13(20)16-15(12)18(24(9-14(21)22)17(25)23-16)8-7-10-3-1-2-4-11(10)18/h1-6,12,14-15,17,23,25H,7-9H2. The molecule has 0 amide bonds. The number of hydrogen-bond donors (Lipinski definition) is 2. The zero-order valence-electron chi connectivity index (χ0n) is 13.3. The van der Waals surface area contributed by atoms with Crippen LogP contribution in [0.15, 0.2) is 47.9 Å². The van der Waals surface area contributed by atoms with Gasteiger partial charge < -0.3 is 10.4 Å². The van der Waals surface area contributed by atoms with Crippen molar-refractivity contribution in [3.05, 3.63) is 59.1 Å². The van der Waals surface area contributed by atoms with E-state index in [1.54, 1.807) is 12.1 Å². The van der Waals surface area contributed by atoms with Crippen LogP contribution in [-0.2, 0) is 12.0 Å². The van der Waals surface area contributed by atoms with Gasteiger partial charge in [0.25, 0.3) is 6.43 Å². The van der Waals surface area contributed by atoms with Crippen molar-refractivity contribution in [2.75, 3.05) is 6.54 Å². The Morgan fingerprint density at radius 1 is 1.32 bits per heavy atom. The van der Waals surface area contributed by atoms with Crippen LogP contribution in [0, 0.1) is 5.92 Å². The second-order valence-corrected chi connectivity index (χ2v) is 6.69. The maximum atomic E-state index is 14.9. The first-order valence-electron chi connectivity index (χ1n) is 8.25. The molecule has 1 aromatic carbocycles. The molecule has 1 aliphatic heterocycles. The zero-order valence-corrected chi connectivity index (χ0v) is 13.3. The van der Waals surface area contributed by atoms with Crippen molar-refractivity contribution in [3.8, 4) is 0 Å². The normalized spacial score (nSPS) is 34.4. The molecule has 25 heavy (non-hydrogen) atoms. The molecule has 134 valence electrons. The number of aliphatic hydroxyl groups is 1. The summed E-state index contributed by atoms with van der Waals surface area (Å²) in [4.78, 5) is 1.19. The number of fused-ring (bicyclic) bond motifs is 4. The summed E-state index contributed by atoms with van der Waals surface area (Å²) in [5.41, 5.74) is 0.334. The molecule has 0 saturated carbocycles. The van der Waals surface area contributed by atoms with Gasteiger partial charge in [0.1, 0.15) is 12.0 Å². The highest BCUT2D eigenvalue weighted by Crippen LogP contribution is 2.54. The van der Waals surface area contributed by atoms with E-state index in [9.17, 15) is 22.7 Å². The van der Waals surface area contributed by atoms with Crippen molar-refractivity contribution >= 4 is 0 Å². The van der Waals surface area contributed by atoms with Crippen LogP contribution in [-0.4, -0.2) is 35.5 Å². The predicted molar refractivity (Wildman–Crippen MR) is 84.0 cm³/mol. The number of benzene rings is 1. The minimum absolute atomic E-state index is 0.0512. The Morgan fingerprint density at radius 2 is 2.08 bits per heavy atom. The van der Waals surface area contributed by atoms with Crippen molar-refractivity contribution in [2.45, 2.75) is 37.3 Å². The average molecular weight is 354 g/mol. The van der Waals surface area contributed by atoms with Crippen LogP contribution in [0.2, 0.25) is 0 Å². The van der Waals surface area contributed by atoms with Gasteiger partial charge in [-0.25, -0.2) is 22.5 Å². The quantitative estimate of drug-likeness (QED) is 0.802. The molecule has 0 bridgehead atoms. The molecule has 3 nitrogen and oxygen atoms in total. The molecule has 7 heteroatoms. The zero-order chi connectivity index (χ0) is 17.8. The number of aliphatic hydroxyl groups excluding tert-OH is 1. The van der Waals surface area contributed by atoms with E-state index in [0.717, 1.165) is 17.7 Å². The van der Waals surface area contributed by atoms with Gasteiger partial charge >= 0.3 is 0 Å². The van der Waals surface area contributed by atoms with Gasteiger partial charge in [0, 0.05) is 0 Å². The SMILES string of the molecule is OC1NC2=C(F)C=CC(F)C2C2(CCc3ccccc32)N1CC(F)F. The molecule has 4 atom stereocenters. The van der Waals surface area contributed by atoms with Crippen LogP contribution in [0.4, 0.5) is 17.6 Å². The Bertz CT molecular complexity index is 750. The van der Waals surface area contributed by atoms with Gasteiger partial charge in [-0.3, -0.25) is 0 Å². The minimum atomic E-state index is -2.71. The molecule has 4 rings (SSSR count). The first-order valence-corrected chi connectivity index (χ1v) is 8.25. The number of alkyl halides is 3. The third-order valence-corrected chi connectivity index (χ3v) is 5.51. The molecule has 1 spiro atoms. The highest BCUT2D eigenvalue weighted by atomic mass is 19.3.